The first-order valence-corrected chi connectivity index (χ1v) is 23.5. The van der Waals surface area contributed by atoms with Crippen molar-refractivity contribution >= 4 is 58.9 Å². The summed E-state index contributed by atoms with van der Waals surface area (Å²) in [5, 5.41) is 31.7. The van der Waals surface area contributed by atoms with E-state index in [0.29, 0.717) is 22.4 Å². The Bertz CT molecular complexity index is 3070. The van der Waals surface area contributed by atoms with Crippen LogP contribution in [-0.2, 0) is 42.9 Å². The van der Waals surface area contributed by atoms with Crippen LogP contribution in [0, 0.1) is 17.7 Å². The van der Waals surface area contributed by atoms with Gasteiger partial charge in [0.1, 0.15) is 22.6 Å². The number of ether oxygens (including phenoxy) is 2. The molecule has 6 aromatic rings. The van der Waals surface area contributed by atoms with Gasteiger partial charge >= 0.3 is 30.1 Å². The fourth-order valence-corrected chi connectivity index (χ4v) is 10.3. The van der Waals surface area contributed by atoms with E-state index in [4.69, 9.17) is 32.7 Å². The van der Waals surface area contributed by atoms with E-state index in [1.807, 2.05) is 0 Å². The molecule has 13 nitrogen and oxygen atoms in total. The fourth-order valence-electron chi connectivity index (χ4n) is 9.97. The Hall–Kier alpha value is -7.76. The van der Waals surface area contributed by atoms with Gasteiger partial charge in [-0.3, -0.25) is 19.2 Å². The van der Waals surface area contributed by atoms with E-state index in [9.17, 15) is 61.6 Å². The molecule has 0 spiro atoms. The lowest BCUT2D eigenvalue weighted by Crippen LogP contribution is -2.55. The second kappa shape index (κ2) is 22.2. The zero-order valence-electron chi connectivity index (χ0n) is 39.3. The Morgan fingerprint density at radius 3 is 1.55 bits per heavy atom. The third-order valence-electron chi connectivity index (χ3n) is 13.3. The standard InChI is InChI=1S/C28H24F3NO6.C27H22Cl2FNO5/c1-38-21-9-5-8-19(14-21)23-22(25(34)35)16-27(26(36)37,15-17-6-3-2-4-7-17)32(23)24(33)18-10-12-20(13-11-18)28(29,30)31;1-36-25(33)20-15-27(26(34)35,14-16-6-3-2-4-7-16)31(23(20)17-8-5-9-19(30)12-17)24(32)18-10-11-21(28)22(29)13-18/h2-14,22-23H,15-16H2,1H3,(H,34,35)(H,36,37);2-13,20,23H,14-15H2,1H3,(H,34,35). The smallest absolute Gasteiger partial charge is 0.416 e. The van der Waals surface area contributed by atoms with Crippen molar-refractivity contribution in [2.75, 3.05) is 14.2 Å². The highest BCUT2D eigenvalue weighted by atomic mass is 35.5. The maximum atomic E-state index is 14.3. The van der Waals surface area contributed by atoms with Crippen molar-refractivity contribution in [2.45, 2.75) is 55.0 Å². The van der Waals surface area contributed by atoms with Gasteiger partial charge in [0.05, 0.1) is 53.7 Å². The number of methoxy groups -OCH3 is 2. The third-order valence-corrected chi connectivity index (χ3v) is 14.1. The zero-order valence-corrected chi connectivity index (χ0v) is 40.9. The summed E-state index contributed by atoms with van der Waals surface area (Å²) in [5.41, 5.74) is -3.14. The second-order valence-electron chi connectivity index (χ2n) is 17.8. The van der Waals surface area contributed by atoms with E-state index >= 15 is 0 Å². The minimum absolute atomic E-state index is 0.0787. The van der Waals surface area contributed by atoms with Crippen molar-refractivity contribution in [1.29, 1.82) is 0 Å². The molecule has 6 atom stereocenters. The molecule has 8 rings (SSSR count). The van der Waals surface area contributed by atoms with Crippen LogP contribution in [0.1, 0.15) is 73.5 Å². The molecule has 74 heavy (non-hydrogen) atoms. The molecular weight excluding hydrogens is 1010 g/mol. The van der Waals surface area contributed by atoms with E-state index in [-0.39, 0.29) is 46.0 Å². The predicted octanol–water partition coefficient (Wildman–Crippen LogP) is 10.6. The summed E-state index contributed by atoms with van der Waals surface area (Å²) in [6.07, 6.45) is -5.58. The highest BCUT2D eigenvalue weighted by Gasteiger charge is 2.62. The SMILES string of the molecule is COC(=O)C1CC(Cc2ccccc2)(C(=O)O)N(C(=O)c2ccc(Cl)c(Cl)c2)C1c1cccc(F)c1.COc1cccc(C2C(C(=O)O)CC(Cc3ccccc3)(C(=O)O)N2C(=O)c2ccc(C(F)(F)F)cc2)c1. The monoisotopic (exact) mass is 1060 g/mol. The molecule has 2 amide bonds. The van der Waals surface area contributed by atoms with Gasteiger partial charge in [-0.1, -0.05) is 108 Å². The lowest BCUT2D eigenvalue weighted by Gasteiger charge is -2.38. The molecule has 384 valence electrons. The normalized spacial score (nSPS) is 21.2. The number of halogens is 6. The largest absolute Gasteiger partial charge is 0.497 e. The van der Waals surface area contributed by atoms with Crippen molar-refractivity contribution in [3.63, 3.8) is 0 Å². The molecule has 2 aliphatic heterocycles. The quantitative estimate of drug-likeness (QED) is 0.0738. The Morgan fingerprint density at radius 1 is 0.595 bits per heavy atom. The van der Waals surface area contributed by atoms with E-state index in [0.717, 1.165) is 34.1 Å². The number of carboxylic acid groups (broad SMARTS) is 3. The molecule has 0 aromatic heterocycles. The second-order valence-corrected chi connectivity index (χ2v) is 18.6. The molecule has 2 fully saturated rings. The van der Waals surface area contributed by atoms with Crippen LogP contribution in [0.15, 0.2) is 152 Å². The Morgan fingerprint density at radius 2 is 1.08 bits per heavy atom. The average Bonchev–Trinajstić information content (AvgIpc) is 3.92. The minimum Gasteiger partial charge on any atom is -0.497 e. The van der Waals surface area contributed by atoms with Crippen LogP contribution in [0.2, 0.25) is 10.0 Å². The van der Waals surface area contributed by atoms with E-state index < -0.39 is 94.7 Å². The maximum Gasteiger partial charge on any atom is 0.416 e. The number of carbonyl (C=O) groups is 6. The van der Waals surface area contributed by atoms with Gasteiger partial charge < -0.3 is 34.6 Å². The molecule has 0 saturated carbocycles. The molecule has 6 aromatic carbocycles. The first kappa shape index (κ1) is 54.0. The summed E-state index contributed by atoms with van der Waals surface area (Å²) < 4.78 is 64.0. The van der Waals surface area contributed by atoms with Crippen molar-refractivity contribution in [1.82, 2.24) is 9.80 Å². The van der Waals surface area contributed by atoms with Gasteiger partial charge in [-0.25, -0.2) is 14.0 Å². The van der Waals surface area contributed by atoms with E-state index in [1.54, 1.807) is 84.9 Å². The Balaban J connectivity index is 0.000000217. The summed E-state index contributed by atoms with van der Waals surface area (Å²) in [6.45, 7) is 0. The lowest BCUT2D eigenvalue weighted by atomic mass is 9.84. The number of aliphatic carboxylic acids is 3. The van der Waals surface area contributed by atoms with Crippen LogP contribution >= 0.6 is 23.2 Å². The number of amides is 2. The van der Waals surface area contributed by atoms with Crippen LogP contribution in [0.3, 0.4) is 0 Å². The molecule has 0 radical (unpaired) electrons. The highest BCUT2D eigenvalue weighted by molar-refractivity contribution is 6.42. The highest BCUT2D eigenvalue weighted by Crippen LogP contribution is 2.52. The lowest BCUT2D eigenvalue weighted by molar-refractivity contribution is -0.150. The van der Waals surface area contributed by atoms with Gasteiger partial charge in [0, 0.05) is 24.0 Å². The third kappa shape index (κ3) is 10.9. The van der Waals surface area contributed by atoms with Crippen molar-refractivity contribution in [2.24, 2.45) is 11.8 Å². The molecule has 6 unspecified atom stereocenters. The number of hydrogen-bond acceptors (Lipinski definition) is 8. The van der Waals surface area contributed by atoms with E-state index in [2.05, 4.69) is 0 Å². The van der Waals surface area contributed by atoms with Gasteiger partial charge in [0.25, 0.3) is 11.8 Å². The summed E-state index contributed by atoms with van der Waals surface area (Å²) in [7, 11) is 2.60. The first-order chi connectivity index (χ1) is 35.1. The number of alkyl halides is 3. The number of carbonyl (C=O) groups excluding carboxylic acids is 3. The predicted molar refractivity (Wildman–Crippen MR) is 262 cm³/mol. The van der Waals surface area contributed by atoms with Crippen LogP contribution < -0.4 is 4.74 Å². The Labute approximate surface area is 431 Å². The number of likely N-dealkylation sites (tertiary alicyclic amines) is 2. The van der Waals surface area contributed by atoms with Crippen molar-refractivity contribution < 1.29 is 71.1 Å². The van der Waals surface area contributed by atoms with Crippen molar-refractivity contribution in [3.8, 4) is 5.75 Å². The molecule has 19 heteroatoms. The number of rotatable bonds is 13. The molecule has 0 aliphatic carbocycles. The summed E-state index contributed by atoms with van der Waals surface area (Å²) >= 11 is 12.2. The zero-order chi connectivity index (χ0) is 53.7. The first-order valence-electron chi connectivity index (χ1n) is 22.7. The van der Waals surface area contributed by atoms with Gasteiger partial charge in [-0.2, -0.15) is 13.2 Å². The van der Waals surface area contributed by atoms with Crippen LogP contribution in [0.5, 0.6) is 5.75 Å². The number of hydrogen-bond donors (Lipinski definition) is 3. The van der Waals surface area contributed by atoms with Crippen LogP contribution in [-0.4, -0.2) is 86.1 Å². The van der Waals surface area contributed by atoms with E-state index in [1.165, 1.54) is 56.7 Å². The molecule has 2 saturated heterocycles. The van der Waals surface area contributed by atoms with Crippen LogP contribution in [0.25, 0.3) is 0 Å². The summed E-state index contributed by atoms with van der Waals surface area (Å²) in [4.78, 5) is 81.7. The number of benzene rings is 6. The number of carboxylic acids is 3. The van der Waals surface area contributed by atoms with Gasteiger partial charge in [0.15, 0.2) is 0 Å². The topological polar surface area (TPSA) is 188 Å². The number of esters is 1. The summed E-state index contributed by atoms with van der Waals surface area (Å²) in [5.74, 6) is -8.92. The molecule has 0 bridgehead atoms. The van der Waals surface area contributed by atoms with Crippen LogP contribution in [0.4, 0.5) is 17.6 Å². The fraction of sp³-hybridized carbons (Fsp3) is 0.236. The summed E-state index contributed by atoms with van der Waals surface area (Å²) in [6, 6.07) is 34.2. The average molecular weight is 1060 g/mol. The minimum atomic E-state index is -4.63. The maximum absolute atomic E-state index is 14.3. The molecule has 3 N–H and O–H groups in total. The van der Waals surface area contributed by atoms with Gasteiger partial charge in [-0.05, 0) is 102 Å². The van der Waals surface area contributed by atoms with Crippen molar-refractivity contribution in [3.05, 3.63) is 206 Å². The molecular formula is C55H46Cl2F4N2O11. The molecule has 2 heterocycles. The van der Waals surface area contributed by atoms with Gasteiger partial charge in [-0.15, -0.1) is 0 Å². The Kier molecular flexibility index (Phi) is 16.2. The van der Waals surface area contributed by atoms with Gasteiger partial charge in [0.2, 0.25) is 0 Å². The number of nitrogens with zero attached hydrogens (tertiary/aromatic N) is 2. The molecule has 2 aliphatic rings.